The van der Waals surface area contributed by atoms with E-state index in [0.29, 0.717) is 11.1 Å². The van der Waals surface area contributed by atoms with E-state index < -0.39 is 0 Å². The van der Waals surface area contributed by atoms with Crippen molar-refractivity contribution in [3.8, 4) is 0 Å². The normalized spacial score (nSPS) is 9.31. The van der Waals surface area contributed by atoms with Crippen LogP contribution in [0.1, 0.15) is 15.9 Å². The molecular formula is C12H7ClNOY-. The number of carbonyl (C=O) groups excluding carboxylic acids is 1. The number of hydrogen-bond donors (Lipinski definition) is 0. The van der Waals surface area contributed by atoms with E-state index in [1.807, 2.05) is 0 Å². The van der Waals surface area contributed by atoms with Crippen molar-refractivity contribution in [2.75, 3.05) is 0 Å². The molecule has 0 bridgehead atoms. The van der Waals surface area contributed by atoms with Crippen LogP contribution in [0, 0.1) is 6.07 Å². The third kappa shape index (κ3) is 2.97. The van der Waals surface area contributed by atoms with Gasteiger partial charge in [-0.1, -0.05) is 17.2 Å². The molecule has 1 aromatic carbocycles. The topological polar surface area (TPSA) is 30.0 Å². The molecule has 0 unspecified atom stereocenters. The van der Waals surface area contributed by atoms with Crippen LogP contribution in [0.4, 0.5) is 0 Å². The molecule has 2 nitrogen and oxygen atoms in total. The molecule has 0 saturated heterocycles. The van der Waals surface area contributed by atoms with Crippen LogP contribution in [0.5, 0.6) is 0 Å². The molecule has 16 heavy (non-hydrogen) atoms. The zero-order valence-electron chi connectivity index (χ0n) is 8.35. The smallest absolute Gasteiger partial charge is 0.172 e. The number of aromatic nitrogens is 1. The Balaban J connectivity index is 0.00000128. The second kappa shape index (κ2) is 6.24. The molecule has 0 atom stereocenters. The van der Waals surface area contributed by atoms with E-state index in [0.717, 1.165) is 0 Å². The third-order valence-corrected chi connectivity index (χ3v) is 2.29. The van der Waals surface area contributed by atoms with Crippen molar-refractivity contribution in [3.05, 3.63) is 64.9 Å². The van der Waals surface area contributed by atoms with Gasteiger partial charge in [0.05, 0.1) is 5.56 Å². The molecule has 77 valence electrons. The molecule has 0 aliphatic heterocycles. The van der Waals surface area contributed by atoms with Crippen molar-refractivity contribution >= 4 is 17.4 Å². The molecular weight excluding hydrogens is 298 g/mol. The van der Waals surface area contributed by atoms with Gasteiger partial charge in [-0.25, -0.2) is 4.98 Å². The molecule has 0 N–H and O–H groups in total. The second-order valence-electron chi connectivity index (χ2n) is 2.96. The van der Waals surface area contributed by atoms with Crippen molar-refractivity contribution in [2.24, 2.45) is 0 Å². The van der Waals surface area contributed by atoms with Gasteiger partial charge in [0.2, 0.25) is 0 Å². The Morgan fingerprint density at radius 1 is 1.25 bits per heavy atom. The van der Waals surface area contributed by atoms with Crippen LogP contribution in [0.25, 0.3) is 0 Å². The average Bonchev–Trinajstić information content (AvgIpc) is 2.30. The first-order chi connectivity index (χ1) is 7.29. The standard InChI is InChI=1S/C12H7ClNO.Y/c13-12-10(7-4-8-14-12)11(15)9-5-2-1-3-6-9;/h2-8H;/q-1;. The monoisotopic (exact) mass is 305 g/mol. The summed E-state index contributed by atoms with van der Waals surface area (Å²) in [6.07, 6.45) is 1.55. The second-order valence-corrected chi connectivity index (χ2v) is 3.32. The van der Waals surface area contributed by atoms with E-state index in [4.69, 9.17) is 11.6 Å². The minimum atomic E-state index is -0.123. The number of nitrogens with zero attached hydrogens (tertiary/aromatic N) is 1. The molecule has 2 rings (SSSR count). The van der Waals surface area contributed by atoms with Gasteiger partial charge in [0, 0.05) is 38.9 Å². The molecule has 2 aromatic rings. The van der Waals surface area contributed by atoms with Gasteiger partial charge in [-0.2, -0.15) is 30.3 Å². The van der Waals surface area contributed by atoms with Crippen LogP contribution < -0.4 is 0 Å². The van der Waals surface area contributed by atoms with Crippen molar-refractivity contribution in [1.82, 2.24) is 4.98 Å². The van der Waals surface area contributed by atoms with Gasteiger partial charge in [0.1, 0.15) is 5.15 Å². The Labute approximate surface area is 124 Å². The zero-order valence-corrected chi connectivity index (χ0v) is 11.9. The largest absolute Gasteiger partial charge is 0.291 e. The van der Waals surface area contributed by atoms with Crippen LogP contribution in [-0.2, 0) is 32.7 Å². The number of ketones is 1. The Hall–Kier alpha value is -0.566. The summed E-state index contributed by atoms with van der Waals surface area (Å²) in [7, 11) is 0. The molecule has 0 fully saturated rings. The van der Waals surface area contributed by atoms with Gasteiger partial charge in [-0.05, 0) is 12.1 Å². The molecule has 0 aliphatic rings. The van der Waals surface area contributed by atoms with Crippen LogP contribution >= 0.6 is 11.6 Å². The number of halogens is 1. The van der Waals surface area contributed by atoms with Crippen LogP contribution in [0.3, 0.4) is 0 Å². The summed E-state index contributed by atoms with van der Waals surface area (Å²) in [5, 5.41) is 0.232. The molecule has 1 heterocycles. The summed E-state index contributed by atoms with van der Waals surface area (Å²) >= 11 is 5.83. The summed E-state index contributed by atoms with van der Waals surface area (Å²) in [6.45, 7) is 0. The first-order valence-corrected chi connectivity index (χ1v) is 4.78. The number of benzene rings is 1. The number of rotatable bonds is 2. The van der Waals surface area contributed by atoms with Gasteiger partial charge < -0.3 is 0 Å². The van der Waals surface area contributed by atoms with E-state index in [1.165, 1.54) is 0 Å². The fourth-order valence-electron chi connectivity index (χ4n) is 1.25. The van der Waals surface area contributed by atoms with Gasteiger partial charge in [0.15, 0.2) is 5.78 Å². The zero-order chi connectivity index (χ0) is 10.7. The van der Waals surface area contributed by atoms with E-state index in [1.54, 1.807) is 42.6 Å². The summed E-state index contributed by atoms with van der Waals surface area (Å²) in [5.74, 6) is -0.123. The Bertz CT molecular complexity index is 487. The summed E-state index contributed by atoms with van der Waals surface area (Å²) < 4.78 is 0. The Morgan fingerprint density at radius 3 is 2.56 bits per heavy atom. The van der Waals surface area contributed by atoms with Crippen molar-refractivity contribution in [2.45, 2.75) is 0 Å². The molecule has 0 spiro atoms. The van der Waals surface area contributed by atoms with Crippen molar-refractivity contribution in [3.63, 3.8) is 0 Å². The minimum absolute atomic E-state index is 0. The maximum absolute atomic E-state index is 11.9. The summed E-state index contributed by atoms with van der Waals surface area (Å²) in [4.78, 5) is 15.8. The molecule has 4 heteroatoms. The maximum atomic E-state index is 11.9. The first kappa shape index (κ1) is 13.5. The van der Waals surface area contributed by atoms with Crippen LogP contribution in [-0.4, -0.2) is 10.8 Å². The van der Waals surface area contributed by atoms with Crippen LogP contribution in [0.15, 0.2) is 42.6 Å². The van der Waals surface area contributed by atoms with E-state index in [9.17, 15) is 4.79 Å². The minimum Gasteiger partial charge on any atom is -0.291 e. The van der Waals surface area contributed by atoms with Crippen LogP contribution in [0.2, 0.25) is 5.15 Å². The molecule has 0 saturated carbocycles. The van der Waals surface area contributed by atoms with E-state index >= 15 is 0 Å². The molecule has 0 aliphatic carbocycles. The van der Waals surface area contributed by atoms with Gasteiger partial charge >= 0.3 is 0 Å². The average molecular weight is 306 g/mol. The summed E-state index contributed by atoms with van der Waals surface area (Å²) in [5.41, 5.74) is 1.01. The summed E-state index contributed by atoms with van der Waals surface area (Å²) in [6, 6.07) is 13.0. The SMILES string of the molecule is O=C(c1cc[c-]cc1)c1cccnc1Cl.[Y]. The Kier molecular flexibility index (Phi) is 5.26. The molecule has 1 aromatic heterocycles. The van der Waals surface area contributed by atoms with Crippen molar-refractivity contribution < 1.29 is 37.5 Å². The molecule has 0 amide bonds. The quantitative estimate of drug-likeness (QED) is 0.485. The Morgan fingerprint density at radius 2 is 1.94 bits per heavy atom. The fourth-order valence-corrected chi connectivity index (χ4v) is 1.45. The van der Waals surface area contributed by atoms with Crippen molar-refractivity contribution in [1.29, 1.82) is 0 Å². The first-order valence-electron chi connectivity index (χ1n) is 4.40. The predicted octanol–water partition coefficient (Wildman–Crippen LogP) is 2.76. The molecule has 1 radical (unpaired) electrons. The van der Waals surface area contributed by atoms with Gasteiger partial charge in [-0.3, -0.25) is 4.79 Å². The number of hydrogen-bond acceptors (Lipinski definition) is 2. The predicted molar refractivity (Wildman–Crippen MR) is 58.0 cm³/mol. The van der Waals surface area contributed by atoms with Gasteiger partial charge in [0.25, 0.3) is 0 Å². The van der Waals surface area contributed by atoms with E-state index in [2.05, 4.69) is 11.1 Å². The number of carbonyl (C=O) groups is 1. The van der Waals surface area contributed by atoms with E-state index in [-0.39, 0.29) is 43.6 Å². The van der Waals surface area contributed by atoms with Gasteiger partial charge in [-0.15, -0.1) is 0 Å². The number of pyridine rings is 1. The third-order valence-electron chi connectivity index (χ3n) is 1.98. The fraction of sp³-hybridized carbons (Fsp3) is 0. The maximum Gasteiger partial charge on any atom is 0.172 e.